The Bertz CT molecular complexity index is 1210. The molecule has 5 atom stereocenters. The fraction of sp³-hybridized carbons (Fsp3) is 0.360. The van der Waals surface area contributed by atoms with E-state index in [1.807, 2.05) is 32.0 Å². The number of hydrogen-bond acceptors (Lipinski definition) is 7. The van der Waals surface area contributed by atoms with Crippen LogP contribution in [-0.2, 0) is 9.47 Å². The quantitative estimate of drug-likeness (QED) is 0.517. The molecule has 0 saturated carbocycles. The Kier molecular flexibility index (Phi) is 6.16. The van der Waals surface area contributed by atoms with Gasteiger partial charge in [-0.2, -0.15) is 0 Å². The zero-order valence-electron chi connectivity index (χ0n) is 18.7. The van der Waals surface area contributed by atoms with Crippen molar-refractivity contribution < 1.29 is 19.3 Å². The fourth-order valence-electron chi connectivity index (χ4n) is 4.71. The van der Waals surface area contributed by atoms with Crippen LogP contribution in [0.3, 0.4) is 0 Å². The van der Waals surface area contributed by atoms with Gasteiger partial charge in [0, 0.05) is 44.8 Å². The number of pyridine rings is 2. The van der Waals surface area contributed by atoms with Crippen LogP contribution in [0.15, 0.2) is 48.8 Å². The van der Waals surface area contributed by atoms with Crippen LogP contribution in [0.5, 0.6) is 5.75 Å². The molecule has 7 nitrogen and oxygen atoms in total. The summed E-state index contributed by atoms with van der Waals surface area (Å²) in [6.07, 6.45) is 2.13. The molecular weight excluding hydrogens is 477 g/mol. The van der Waals surface area contributed by atoms with Gasteiger partial charge in [0.1, 0.15) is 23.9 Å². The van der Waals surface area contributed by atoms with Crippen molar-refractivity contribution >= 4 is 29.0 Å². The van der Waals surface area contributed by atoms with E-state index >= 15 is 0 Å². The Hall–Kier alpha value is -2.42. The molecule has 5 rings (SSSR count). The van der Waals surface area contributed by atoms with Crippen LogP contribution in [0, 0.1) is 0 Å². The van der Waals surface area contributed by atoms with E-state index in [-0.39, 0.29) is 30.6 Å². The van der Waals surface area contributed by atoms with Crippen molar-refractivity contribution in [1.29, 1.82) is 0 Å². The summed E-state index contributed by atoms with van der Waals surface area (Å²) < 4.78 is 17.8. The third-order valence-electron chi connectivity index (χ3n) is 6.67. The van der Waals surface area contributed by atoms with Crippen LogP contribution in [0.2, 0.25) is 10.0 Å². The zero-order valence-corrected chi connectivity index (χ0v) is 20.3. The number of hydrogen-bond donors (Lipinski definition) is 2. The number of ether oxygens (including phenoxy) is 3. The third kappa shape index (κ3) is 4.12. The molecule has 0 radical (unpaired) electrons. The Morgan fingerprint density at radius 3 is 2.68 bits per heavy atom. The minimum atomic E-state index is -0.613. The van der Waals surface area contributed by atoms with Gasteiger partial charge in [0.2, 0.25) is 0 Å². The molecule has 34 heavy (non-hydrogen) atoms. The van der Waals surface area contributed by atoms with Gasteiger partial charge in [-0.15, -0.1) is 0 Å². The molecule has 178 valence electrons. The van der Waals surface area contributed by atoms with E-state index in [9.17, 15) is 5.11 Å². The lowest BCUT2D eigenvalue weighted by Crippen LogP contribution is -2.40. The average Bonchev–Trinajstić information content (AvgIpc) is 3.32. The Morgan fingerprint density at radius 1 is 1.12 bits per heavy atom. The van der Waals surface area contributed by atoms with Crippen molar-refractivity contribution in [3.05, 3.63) is 70.1 Å². The van der Waals surface area contributed by atoms with Gasteiger partial charge in [0.05, 0.1) is 19.1 Å². The van der Waals surface area contributed by atoms with E-state index in [0.29, 0.717) is 22.4 Å². The molecule has 2 aliphatic rings. The highest BCUT2D eigenvalue weighted by molar-refractivity contribution is 6.33. The number of benzene rings is 1. The summed E-state index contributed by atoms with van der Waals surface area (Å²) in [4.78, 5) is 8.98. The fourth-order valence-corrected chi connectivity index (χ4v) is 5.16. The number of anilines is 1. The number of aromatic nitrogens is 2. The SMILES string of the molecule is CC(Oc1cc(-c2ccc(C3COC4C(O)COC34C)nc2)cnc1N)c1cc(Cl)ccc1Cl. The zero-order chi connectivity index (χ0) is 24.0. The topological polar surface area (TPSA) is 99.7 Å². The first kappa shape index (κ1) is 23.3. The lowest BCUT2D eigenvalue weighted by molar-refractivity contribution is -0.0193. The van der Waals surface area contributed by atoms with E-state index in [1.54, 1.807) is 30.6 Å². The molecule has 5 unspecified atom stereocenters. The summed E-state index contributed by atoms with van der Waals surface area (Å²) in [5.74, 6) is 0.658. The molecule has 0 aliphatic carbocycles. The number of halogens is 2. The highest BCUT2D eigenvalue weighted by Crippen LogP contribution is 2.46. The average molecular weight is 502 g/mol. The lowest BCUT2D eigenvalue weighted by atomic mass is 9.84. The summed E-state index contributed by atoms with van der Waals surface area (Å²) in [5, 5.41) is 11.3. The monoisotopic (exact) mass is 501 g/mol. The summed E-state index contributed by atoms with van der Waals surface area (Å²) in [7, 11) is 0. The summed E-state index contributed by atoms with van der Waals surface area (Å²) >= 11 is 12.4. The summed E-state index contributed by atoms with van der Waals surface area (Å²) in [5.41, 5.74) is 8.79. The first-order valence-electron chi connectivity index (χ1n) is 11.0. The number of aliphatic hydroxyl groups is 1. The minimum absolute atomic E-state index is 0.0598. The van der Waals surface area contributed by atoms with Crippen molar-refractivity contribution in [1.82, 2.24) is 9.97 Å². The van der Waals surface area contributed by atoms with E-state index in [2.05, 4.69) is 9.97 Å². The predicted octanol–water partition coefficient (Wildman–Crippen LogP) is 4.80. The van der Waals surface area contributed by atoms with Crippen molar-refractivity contribution in [3.8, 4) is 16.9 Å². The molecule has 4 heterocycles. The molecule has 0 bridgehead atoms. The Labute approximate surface area is 207 Å². The largest absolute Gasteiger partial charge is 0.482 e. The third-order valence-corrected chi connectivity index (χ3v) is 7.25. The van der Waals surface area contributed by atoms with Crippen molar-refractivity contribution in [2.24, 2.45) is 0 Å². The molecule has 2 aromatic heterocycles. The summed E-state index contributed by atoms with van der Waals surface area (Å²) in [6.45, 7) is 4.58. The normalized spacial score (nSPS) is 26.9. The maximum absolute atomic E-state index is 10.1. The number of aliphatic hydroxyl groups excluding tert-OH is 1. The number of nitrogens with zero attached hydrogens (tertiary/aromatic N) is 2. The molecule has 2 aliphatic heterocycles. The van der Waals surface area contributed by atoms with Gasteiger partial charge in [-0.25, -0.2) is 4.98 Å². The molecule has 1 aromatic carbocycles. The van der Waals surface area contributed by atoms with Gasteiger partial charge < -0.3 is 25.1 Å². The van der Waals surface area contributed by atoms with Gasteiger partial charge in [0.25, 0.3) is 0 Å². The minimum Gasteiger partial charge on any atom is -0.482 e. The van der Waals surface area contributed by atoms with Gasteiger partial charge in [0.15, 0.2) is 11.6 Å². The number of rotatable bonds is 5. The second-order valence-electron chi connectivity index (χ2n) is 8.87. The van der Waals surface area contributed by atoms with Crippen LogP contribution >= 0.6 is 23.2 Å². The Balaban J connectivity index is 1.37. The second-order valence-corrected chi connectivity index (χ2v) is 9.72. The van der Waals surface area contributed by atoms with Gasteiger partial charge >= 0.3 is 0 Å². The molecule has 9 heteroatoms. The number of fused-ring (bicyclic) bond motifs is 1. The lowest BCUT2D eigenvalue weighted by Gasteiger charge is -2.28. The summed E-state index contributed by atoms with van der Waals surface area (Å²) in [6, 6.07) is 11.0. The highest BCUT2D eigenvalue weighted by Gasteiger charge is 2.57. The van der Waals surface area contributed by atoms with Gasteiger partial charge in [-0.1, -0.05) is 29.3 Å². The van der Waals surface area contributed by atoms with Crippen molar-refractivity contribution in [3.63, 3.8) is 0 Å². The van der Waals surface area contributed by atoms with E-state index in [0.717, 1.165) is 22.4 Å². The van der Waals surface area contributed by atoms with Gasteiger partial charge in [-0.05, 0) is 44.2 Å². The first-order chi connectivity index (χ1) is 16.3. The maximum atomic E-state index is 10.1. The molecule has 3 N–H and O–H groups in total. The van der Waals surface area contributed by atoms with Crippen molar-refractivity contribution in [2.75, 3.05) is 18.9 Å². The Morgan fingerprint density at radius 2 is 1.91 bits per heavy atom. The second kappa shape index (κ2) is 8.98. The van der Waals surface area contributed by atoms with E-state index < -0.39 is 11.7 Å². The van der Waals surface area contributed by atoms with Gasteiger partial charge in [-0.3, -0.25) is 4.98 Å². The van der Waals surface area contributed by atoms with Crippen LogP contribution in [0.4, 0.5) is 5.82 Å². The predicted molar refractivity (Wildman–Crippen MR) is 130 cm³/mol. The van der Waals surface area contributed by atoms with E-state index in [1.165, 1.54) is 0 Å². The van der Waals surface area contributed by atoms with Crippen LogP contribution in [0.25, 0.3) is 11.1 Å². The number of nitrogen functional groups attached to an aromatic ring is 1. The number of nitrogens with two attached hydrogens (primary N) is 1. The molecule has 0 spiro atoms. The van der Waals surface area contributed by atoms with Crippen LogP contribution < -0.4 is 10.5 Å². The first-order valence-corrected chi connectivity index (χ1v) is 11.8. The molecular formula is C25H25Cl2N3O4. The smallest absolute Gasteiger partial charge is 0.166 e. The molecule has 2 fully saturated rings. The molecule has 3 aromatic rings. The van der Waals surface area contributed by atoms with Crippen LogP contribution in [-0.4, -0.2) is 46.1 Å². The maximum Gasteiger partial charge on any atom is 0.166 e. The molecule has 0 amide bonds. The van der Waals surface area contributed by atoms with E-state index in [4.69, 9.17) is 43.1 Å². The molecule has 2 saturated heterocycles. The van der Waals surface area contributed by atoms with Crippen LogP contribution in [0.1, 0.15) is 37.1 Å². The standard InChI is InChI=1S/C25H25Cl2N3O4/c1-13(17-8-16(26)4-5-19(17)27)34-22-7-15(10-30-24(22)28)14-3-6-20(29-9-14)18-11-32-23-21(31)12-33-25(18,23)2/h3-10,13,18,21,23,31H,11-12H2,1-2H3,(H2,28,30). The van der Waals surface area contributed by atoms with Crippen molar-refractivity contribution in [2.45, 2.75) is 43.7 Å². The highest BCUT2D eigenvalue weighted by atomic mass is 35.5.